The van der Waals surface area contributed by atoms with Gasteiger partial charge in [0.2, 0.25) is 0 Å². The Balaban J connectivity index is 1.73. The molecule has 2 N–H and O–H groups in total. The maximum absolute atomic E-state index is 12.9. The lowest BCUT2D eigenvalue weighted by Gasteiger charge is -2.30. The third kappa shape index (κ3) is 6.96. The zero-order valence-corrected chi connectivity index (χ0v) is 26.3. The average Bonchev–Trinajstić information content (AvgIpc) is 3.04. The topological polar surface area (TPSA) is 74.6 Å². The summed E-state index contributed by atoms with van der Waals surface area (Å²) < 4.78 is 36.2. The molecule has 5 aromatic rings. The van der Waals surface area contributed by atoms with E-state index >= 15 is 0 Å². The molecule has 0 bridgehead atoms. The molecule has 0 radical (unpaired) electrons. The Bertz CT molecular complexity index is 1770. The van der Waals surface area contributed by atoms with E-state index in [4.69, 9.17) is 0 Å². The molecule has 0 aliphatic carbocycles. The first-order chi connectivity index (χ1) is 21.1. The Morgan fingerprint density at radius 3 is 1.36 bits per heavy atom. The van der Waals surface area contributed by atoms with Gasteiger partial charge in [-0.05, 0) is 71.0 Å². The van der Waals surface area contributed by atoms with Crippen molar-refractivity contribution in [3.8, 4) is 5.75 Å². The van der Waals surface area contributed by atoms with Crippen LogP contribution in [0.2, 0.25) is 0 Å². The van der Waals surface area contributed by atoms with Gasteiger partial charge in [0, 0.05) is 17.4 Å². The van der Waals surface area contributed by atoms with Crippen molar-refractivity contribution in [3.05, 3.63) is 166 Å². The van der Waals surface area contributed by atoms with Crippen molar-refractivity contribution in [2.45, 2.75) is 62.2 Å². The van der Waals surface area contributed by atoms with E-state index in [0.717, 1.165) is 27.8 Å². The molecular weight excluding hydrogens is 564 g/mol. The molecule has 5 rings (SSSR count). The highest BCUT2D eigenvalue weighted by Crippen LogP contribution is 2.47. The maximum atomic E-state index is 12.9. The van der Waals surface area contributed by atoms with Gasteiger partial charge in [-0.3, -0.25) is 4.55 Å². The van der Waals surface area contributed by atoms with Crippen LogP contribution in [0.1, 0.15) is 89.3 Å². The minimum absolute atomic E-state index is 0.112. The van der Waals surface area contributed by atoms with Crippen LogP contribution in [-0.2, 0) is 10.1 Å². The van der Waals surface area contributed by atoms with Crippen molar-refractivity contribution in [1.29, 1.82) is 0 Å². The van der Waals surface area contributed by atoms with Crippen LogP contribution in [0.3, 0.4) is 0 Å². The molecule has 0 aliphatic heterocycles. The molecular formula is C39H40O4S. The second kappa shape index (κ2) is 13.6. The van der Waals surface area contributed by atoms with E-state index in [9.17, 15) is 18.1 Å². The van der Waals surface area contributed by atoms with Gasteiger partial charge >= 0.3 is 0 Å². The highest BCUT2D eigenvalue weighted by Gasteiger charge is 2.32. The second-order valence-electron chi connectivity index (χ2n) is 11.8. The first-order valence-electron chi connectivity index (χ1n) is 15.2. The molecule has 0 fully saturated rings. The van der Waals surface area contributed by atoms with E-state index in [1.54, 1.807) is 0 Å². The Kier molecular flexibility index (Phi) is 9.68. The molecule has 5 aromatic carbocycles. The molecule has 44 heavy (non-hydrogen) atoms. The summed E-state index contributed by atoms with van der Waals surface area (Å²) in [6, 6.07) is 42.0. The zero-order valence-electron chi connectivity index (χ0n) is 25.5. The van der Waals surface area contributed by atoms with Crippen LogP contribution >= 0.6 is 0 Å². The predicted molar refractivity (Wildman–Crippen MR) is 178 cm³/mol. The first kappa shape index (κ1) is 31.2. The normalized spacial score (nSPS) is 14.5. The van der Waals surface area contributed by atoms with Gasteiger partial charge in [-0.2, -0.15) is 8.42 Å². The Hall–Kier alpha value is -4.19. The average molecular weight is 605 g/mol. The monoisotopic (exact) mass is 604 g/mol. The Labute approximate surface area is 261 Å². The van der Waals surface area contributed by atoms with Gasteiger partial charge in [0.05, 0.1) is 0 Å². The van der Waals surface area contributed by atoms with Gasteiger partial charge in [-0.1, -0.05) is 135 Å². The number of phenolic OH excluding ortho intramolecular Hbond substituents is 1. The lowest BCUT2D eigenvalue weighted by atomic mass is 9.75. The molecule has 0 amide bonds. The van der Waals surface area contributed by atoms with Gasteiger partial charge in [0.1, 0.15) is 10.6 Å². The van der Waals surface area contributed by atoms with Crippen LogP contribution in [-0.4, -0.2) is 18.1 Å². The van der Waals surface area contributed by atoms with Gasteiger partial charge in [0.25, 0.3) is 10.1 Å². The third-order valence-corrected chi connectivity index (χ3v) is 9.80. The van der Waals surface area contributed by atoms with Crippen molar-refractivity contribution in [2.24, 2.45) is 0 Å². The summed E-state index contributed by atoms with van der Waals surface area (Å²) in [6.45, 7) is 6.31. The largest absolute Gasteiger partial charge is 0.506 e. The molecule has 4 unspecified atom stereocenters. The summed E-state index contributed by atoms with van der Waals surface area (Å²) in [5.41, 5.74) is 6.53. The molecule has 226 valence electrons. The lowest BCUT2D eigenvalue weighted by Crippen LogP contribution is -2.15. The molecule has 0 saturated heterocycles. The summed E-state index contributed by atoms with van der Waals surface area (Å²) in [5, 5.41) is 11.7. The fourth-order valence-corrected chi connectivity index (χ4v) is 7.18. The molecule has 0 heterocycles. The standard InChI is InChI=1S/C39H40O4S/c1-27(30-16-8-4-9-17-30)24-35(32-20-12-6-13-21-32)34-26-37(44(41,42)43)39(40)38(29(34)3)36(33-22-14-7-15-23-33)25-28(2)31-18-10-5-11-19-31/h4-23,26-28,35-36,40H,24-25H2,1-3H3,(H,41,42,43). The molecule has 4 nitrogen and oxygen atoms in total. The molecule has 0 saturated carbocycles. The van der Waals surface area contributed by atoms with Crippen molar-refractivity contribution in [2.75, 3.05) is 0 Å². The summed E-state index contributed by atoms with van der Waals surface area (Å²) >= 11 is 0. The van der Waals surface area contributed by atoms with Crippen molar-refractivity contribution >= 4 is 10.1 Å². The van der Waals surface area contributed by atoms with Crippen molar-refractivity contribution in [3.63, 3.8) is 0 Å². The summed E-state index contributed by atoms with van der Waals surface area (Å²) in [7, 11) is -4.74. The van der Waals surface area contributed by atoms with Crippen LogP contribution in [0.15, 0.2) is 132 Å². The summed E-state index contributed by atoms with van der Waals surface area (Å²) in [4.78, 5) is -0.449. The van der Waals surface area contributed by atoms with Crippen LogP contribution in [0.4, 0.5) is 0 Å². The van der Waals surface area contributed by atoms with Gasteiger partial charge in [0.15, 0.2) is 0 Å². The van der Waals surface area contributed by atoms with E-state index in [1.165, 1.54) is 11.6 Å². The van der Waals surface area contributed by atoms with Crippen LogP contribution in [0, 0.1) is 6.92 Å². The van der Waals surface area contributed by atoms with Gasteiger partial charge in [-0.15, -0.1) is 0 Å². The van der Waals surface area contributed by atoms with Crippen LogP contribution in [0.25, 0.3) is 0 Å². The number of phenols is 1. The van der Waals surface area contributed by atoms with Gasteiger partial charge < -0.3 is 5.11 Å². The molecule has 5 heteroatoms. The van der Waals surface area contributed by atoms with E-state index in [1.807, 2.05) is 91.9 Å². The van der Waals surface area contributed by atoms with E-state index in [-0.39, 0.29) is 29.4 Å². The number of hydrogen-bond donors (Lipinski definition) is 2. The fourth-order valence-electron chi connectivity index (χ4n) is 6.54. The molecule has 0 spiro atoms. The Morgan fingerprint density at radius 2 is 0.955 bits per heavy atom. The van der Waals surface area contributed by atoms with E-state index in [0.29, 0.717) is 18.4 Å². The van der Waals surface area contributed by atoms with Crippen LogP contribution in [0.5, 0.6) is 5.75 Å². The number of benzene rings is 5. The number of hydrogen-bond acceptors (Lipinski definition) is 3. The van der Waals surface area contributed by atoms with Crippen molar-refractivity contribution in [1.82, 2.24) is 0 Å². The predicted octanol–water partition coefficient (Wildman–Crippen LogP) is 9.60. The highest BCUT2D eigenvalue weighted by atomic mass is 32.2. The van der Waals surface area contributed by atoms with E-state index in [2.05, 4.69) is 50.2 Å². The molecule has 0 aromatic heterocycles. The Morgan fingerprint density at radius 1 is 0.591 bits per heavy atom. The van der Waals surface area contributed by atoms with Gasteiger partial charge in [-0.25, -0.2) is 0 Å². The quantitative estimate of drug-likeness (QED) is 0.147. The zero-order chi connectivity index (χ0) is 31.3. The smallest absolute Gasteiger partial charge is 0.298 e. The lowest BCUT2D eigenvalue weighted by molar-refractivity contribution is 0.430. The maximum Gasteiger partial charge on any atom is 0.298 e. The van der Waals surface area contributed by atoms with E-state index < -0.39 is 15.0 Å². The third-order valence-electron chi connectivity index (χ3n) is 8.93. The van der Waals surface area contributed by atoms with Crippen LogP contribution < -0.4 is 0 Å². The number of aromatic hydroxyl groups is 1. The summed E-state index contributed by atoms with van der Waals surface area (Å²) in [6.07, 6.45) is 1.34. The highest BCUT2D eigenvalue weighted by molar-refractivity contribution is 7.86. The van der Waals surface area contributed by atoms with Crippen molar-refractivity contribution < 1.29 is 18.1 Å². The second-order valence-corrected chi connectivity index (χ2v) is 13.2. The first-order valence-corrected chi connectivity index (χ1v) is 16.6. The SMILES string of the molecule is Cc1c(C(CC(C)c2ccccc2)c2ccccc2)cc(S(=O)(=O)O)c(O)c1C(CC(C)c1ccccc1)c1ccccc1. The minimum Gasteiger partial charge on any atom is -0.506 e. The molecule has 4 atom stereocenters. The number of rotatable bonds is 11. The fraction of sp³-hybridized carbons (Fsp3) is 0.231. The minimum atomic E-state index is -4.74. The molecule has 0 aliphatic rings. The summed E-state index contributed by atoms with van der Waals surface area (Å²) in [5.74, 6) is -0.619.